The number of nitrogens with one attached hydrogen (secondary N) is 2. The highest BCUT2D eigenvalue weighted by Gasteiger charge is 2.27. The first kappa shape index (κ1) is 15.6. The van der Waals surface area contributed by atoms with Gasteiger partial charge in [-0.2, -0.15) is 0 Å². The second-order valence-electron chi connectivity index (χ2n) is 6.39. The molecule has 120 valence electrons. The molecule has 2 aromatic carbocycles. The van der Waals surface area contributed by atoms with E-state index in [1.165, 1.54) is 11.1 Å². The van der Waals surface area contributed by atoms with Crippen LogP contribution >= 0.6 is 0 Å². The predicted octanol–water partition coefficient (Wildman–Crippen LogP) is 3.84. The average Bonchev–Trinajstić information content (AvgIpc) is 2.86. The highest BCUT2D eigenvalue weighted by atomic mass is 16.1. The number of rotatable bonds is 4. The summed E-state index contributed by atoms with van der Waals surface area (Å²) in [6.07, 6.45) is 0.894. The van der Waals surface area contributed by atoms with Crippen molar-refractivity contribution in [2.45, 2.75) is 32.4 Å². The zero-order valence-electron chi connectivity index (χ0n) is 13.5. The lowest BCUT2D eigenvalue weighted by atomic mass is 10.1. The van der Waals surface area contributed by atoms with Crippen LogP contribution in [0.4, 0.5) is 11.4 Å². The van der Waals surface area contributed by atoms with Gasteiger partial charge in [-0.15, -0.1) is 0 Å². The molecule has 2 unspecified atom stereocenters. The van der Waals surface area contributed by atoms with E-state index in [1.807, 2.05) is 44.2 Å². The van der Waals surface area contributed by atoms with Gasteiger partial charge in [0.15, 0.2) is 0 Å². The zero-order valence-corrected chi connectivity index (χ0v) is 13.5. The van der Waals surface area contributed by atoms with Crippen LogP contribution < -0.4 is 16.4 Å². The standard InChI is InChI=1S/C19H23N3O/c1-12(2)19(23)22-14-9-7-13(8-10-14)21-18-11-17(20)15-5-3-4-6-16(15)18/h3-10,12,17-18,21H,11,20H2,1-2H3,(H,22,23). The molecule has 0 heterocycles. The Balaban J connectivity index is 1.69. The van der Waals surface area contributed by atoms with Gasteiger partial charge in [0, 0.05) is 23.3 Å². The maximum absolute atomic E-state index is 11.7. The number of hydrogen-bond donors (Lipinski definition) is 3. The first-order valence-corrected chi connectivity index (χ1v) is 8.06. The van der Waals surface area contributed by atoms with Crippen molar-refractivity contribution in [2.75, 3.05) is 10.6 Å². The van der Waals surface area contributed by atoms with Crippen molar-refractivity contribution >= 4 is 17.3 Å². The van der Waals surface area contributed by atoms with Crippen LogP contribution in [0, 0.1) is 5.92 Å². The third kappa shape index (κ3) is 3.37. The van der Waals surface area contributed by atoms with Crippen LogP contribution in [0.3, 0.4) is 0 Å². The number of nitrogens with two attached hydrogens (primary N) is 1. The second-order valence-corrected chi connectivity index (χ2v) is 6.39. The molecule has 23 heavy (non-hydrogen) atoms. The number of carbonyl (C=O) groups is 1. The molecule has 2 aromatic rings. The number of carbonyl (C=O) groups excluding carboxylic acids is 1. The Kier molecular flexibility index (Phi) is 4.35. The molecule has 0 bridgehead atoms. The molecule has 0 saturated carbocycles. The van der Waals surface area contributed by atoms with Gasteiger partial charge < -0.3 is 16.4 Å². The Hall–Kier alpha value is -2.33. The summed E-state index contributed by atoms with van der Waals surface area (Å²) in [5.74, 6) is 0.00526. The van der Waals surface area contributed by atoms with Gasteiger partial charge in [-0.1, -0.05) is 38.1 Å². The van der Waals surface area contributed by atoms with Gasteiger partial charge in [-0.05, 0) is 41.8 Å². The monoisotopic (exact) mass is 309 g/mol. The summed E-state index contributed by atoms with van der Waals surface area (Å²) >= 11 is 0. The van der Waals surface area contributed by atoms with Crippen molar-refractivity contribution < 1.29 is 4.79 Å². The van der Waals surface area contributed by atoms with E-state index in [9.17, 15) is 4.79 Å². The fourth-order valence-corrected chi connectivity index (χ4v) is 2.95. The zero-order chi connectivity index (χ0) is 16.4. The smallest absolute Gasteiger partial charge is 0.226 e. The molecular weight excluding hydrogens is 286 g/mol. The van der Waals surface area contributed by atoms with Crippen molar-refractivity contribution in [2.24, 2.45) is 11.7 Å². The highest BCUT2D eigenvalue weighted by Crippen LogP contribution is 2.39. The Morgan fingerprint density at radius 2 is 1.65 bits per heavy atom. The molecule has 4 nitrogen and oxygen atoms in total. The van der Waals surface area contributed by atoms with Crippen molar-refractivity contribution in [3.63, 3.8) is 0 Å². The van der Waals surface area contributed by atoms with E-state index in [1.54, 1.807) is 0 Å². The number of amides is 1. The molecule has 2 atom stereocenters. The molecule has 4 heteroatoms. The van der Waals surface area contributed by atoms with E-state index in [4.69, 9.17) is 5.73 Å². The third-order valence-electron chi connectivity index (χ3n) is 4.28. The molecular formula is C19H23N3O. The van der Waals surface area contributed by atoms with Crippen LogP contribution in [0.2, 0.25) is 0 Å². The average molecular weight is 309 g/mol. The summed E-state index contributed by atoms with van der Waals surface area (Å²) in [6.45, 7) is 3.76. The fraction of sp³-hybridized carbons (Fsp3) is 0.316. The van der Waals surface area contributed by atoms with Crippen LogP contribution in [0.15, 0.2) is 48.5 Å². The molecule has 1 aliphatic carbocycles. The molecule has 0 saturated heterocycles. The van der Waals surface area contributed by atoms with Gasteiger partial charge in [0.2, 0.25) is 5.91 Å². The minimum atomic E-state index is -0.0238. The lowest BCUT2D eigenvalue weighted by Crippen LogP contribution is -2.17. The van der Waals surface area contributed by atoms with Crippen LogP contribution in [0.1, 0.15) is 43.5 Å². The van der Waals surface area contributed by atoms with Crippen LogP contribution in [-0.2, 0) is 4.79 Å². The van der Waals surface area contributed by atoms with Crippen LogP contribution in [0.25, 0.3) is 0 Å². The normalized spacial score (nSPS) is 19.5. The minimum absolute atomic E-state index is 0.0238. The molecule has 0 aliphatic heterocycles. The summed E-state index contributed by atoms with van der Waals surface area (Å²) in [4.78, 5) is 11.7. The maximum Gasteiger partial charge on any atom is 0.226 e. The Bertz CT molecular complexity index is 694. The lowest BCUT2D eigenvalue weighted by Gasteiger charge is -2.16. The van der Waals surface area contributed by atoms with Crippen molar-refractivity contribution in [1.82, 2.24) is 0 Å². The summed E-state index contributed by atoms with van der Waals surface area (Å²) in [5, 5.41) is 6.44. The van der Waals surface area contributed by atoms with Gasteiger partial charge in [-0.3, -0.25) is 4.79 Å². The number of anilines is 2. The quantitative estimate of drug-likeness (QED) is 0.804. The van der Waals surface area contributed by atoms with E-state index in [-0.39, 0.29) is 23.9 Å². The van der Waals surface area contributed by atoms with Gasteiger partial charge >= 0.3 is 0 Å². The maximum atomic E-state index is 11.7. The molecule has 1 aliphatic rings. The Morgan fingerprint density at radius 1 is 1.04 bits per heavy atom. The van der Waals surface area contributed by atoms with Gasteiger partial charge in [0.25, 0.3) is 0 Å². The highest BCUT2D eigenvalue weighted by molar-refractivity contribution is 5.92. The number of fused-ring (bicyclic) bond motifs is 1. The number of hydrogen-bond acceptors (Lipinski definition) is 3. The Morgan fingerprint density at radius 3 is 2.30 bits per heavy atom. The largest absolute Gasteiger partial charge is 0.378 e. The number of benzene rings is 2. The molecule has 3 rings (SSSR count). The first-order chi connectivity index (χ1) is 11.0. The Labute approximate surface area is 137 Å². The third-order valence-corrected chi connectivity index (χ3v) is 4.28. The summed E-state index contributed by atoms with van der Waals surface area (Å²) < 4.78 is 0. The second kappa shape index (κ2) is 6.42. The predicted molar refractivity (Wildman–Crippen MR) is 94.3 cm³/mol. The summed E-state index contributed by atoms with van der Waals surface area (Å²) in [6, 6.07) is 16.5. The molecule has 1 amide bonds. The van der Waals surface area contributed by atoms with Gasteiger partial charge in [-0.25, -0.2) is 0 Å². The molecule has 0 spiro atoms. The van der Waals surface area contributed by atoms with Crippen LogP contribution in [-0.4, -0.2) is 5.91 Å². The van der Waals surface area contributed by atoms with Crippen molar-refractivity contribution in [3.8, 4) is 0 Å². The summed E-state index contributed by atoms with van der Waals surface area (Å²) in [7, 11) is 0. The SMILES string of the molecule is CC(C)C(=O)Nc1ccc(NC2CC(N)c3ccccc32)cc1. The fourth-order valence-electron chi connectivity index (χ4n) is 2.95. The van der Waals surface area contributed by atoms with Crippen molar-refractivity contribution in [1.29, 1.82) is 0 Å². The van der Waals surface area contributed by atoms with Gasteiger partial charge in [0.1, 0.15) is 0 Å². The topological polar surface area (TPSA) is 67.2 Å². The van der Waals surface area contributed by atoms with E-state index in [2.05, 4.69) is 28.8 Å². The van der Waals surface area contributed by atoms with E-state index >= 15 is 0 Å². The van der Waals surface area contributed by atoms with E-state index < -0.39 is 0 Å². The van der Waals surface area contributed by atoms with Gasteiger partial charge in [0.05, 0.1) is 6.04 Å². The minimum Gasteiger partial charge on any atom is -0.378 e. The molecule has 4 N–H and O–H groups in total. The summed E-state index contributed by atoms with van der Waals surface area (Å²) in [5.41, 5.74) is 10.6. The lowest BCUT2D eigenvalue weighted by molar-refractivity contribution is -0.118. The molecule has 0 fully saturated rings. The molecule has 0 aromatic heterocycles. The van der Waals surface area contributed by atoms with E-state index in [0.29, 0.717) is 0 Å². The molecule has 0 radical (unpaired) electrons. The van der Waals surface area contributed by atoms with Crippen LogP contribution in [0.5, 0.6) is 0 Å². The van der Waals surface area contributed by atoms with E-state index in [0.717, 1.165) is 17.8 Å². The first-order valence-electron chi connectivity index (χ1n) is 8.06. The van der Waals surface area contributed by atoms with Crippen molar-refractivity contribution in [3.05, 3.63) is 59.7 Å².